The molecule has 2 heteroatoms. The van der Waals surface area contributed by atoms with E-state index < -0.39 is 0 Å². The molecule has 0 atom stereocenters. The maximum Gasteiger partial charge on any atom is 0.126 e. The average molecular weight is 205 g/mol. The quantitative estimate of drug-likeness (QED) is 0.681. The van der Waals surface area contributed by atoms with E-state index in [-0.39, 0.29) is 5.82 Å². The van der Waals surface area contributed by atoms with Gasteiger partial charge in [-0.25, -0.2) is 4.39 Å². The molecular formula is C13H16FN. The van der Waals surface area contributed by atoms with Crippen LogP contribution in [0.3, 0.4) is 0 Å². The van der Waals surface area contributed by atoms with Gasteiger partial charge in [0.05, 0.1) is 0 Å². The predicted octanol–water partition coefficient (Wildman–Crippen LogP) is 3.66. The lowest BCUT2D eigenvalue weighted by atomic mass is 10.2. The number of anilines is 1. The summed E-state index contributed by atoms with van der Waals surface area (Å²) in [7, 11) is 1.95. The normalized spacial score (nSPS) is 11.3. The molecule has 80 valence electrons. The number of aryl methyl sites for hydroxylation is 1. The third-order valence-corrected chi connectivity index (χ3v) is 2.42. The third kappa shape index (κ3) is 2.69. The fourth-order valence-electron chi connectivity index (χ4n) is 1.32. The van der Waals surface area contributed by atoms with Crippen LogP contribution in [-0.4, -0.2) is 7.05 Å². The van der Waals surface area contributed by atoms with Gasteiger partial charge in [0.25, 0.3) is 0 Å². The molecule has 0 unspecified atom stereocenters. The molecule has 0 aliphatic carbocycles. The standard InChI is InChI=1S/C13H16FN/c1-5-6-11(3)15(4)12-7-8-13(14)10(2)9-12/h5-9H,1H2,2-4H3/b11-6+. The Morgan fingerprint density at radius 1 is 1.47 bits per heavy atom. The molecule has 0 spiro atoms. The number of hydrogen-bond acceptors (Lipinski definition) is 1. The summed E-state index contributed by atoms with van der Waals surface area (Å²) in [4.78, 5) is 1.99. The fourth-order valence-corrected chi connectivity index (χ4v) is 1.32. The first-order valence-electron chi connectivity index (χ1n) is 4.85. The van der Waals surface area contributed by atoms with Gasteiger partial charge in [0.2, 0.25) is 0 Å². The highest BCUT2D eigenvalue weighted by Crippen LogP contribution is 2.20. The maximum absolute atomic E-state index is 13.1. The molecule has 0 bridgehead atoms. The van der Waals surface area contributed by atoms with Crippen molar-refractivity contribution < 1.29 is 4.39 Å². The van der Waals surface area contributed by atoms with E-state index in [4.69, 9.17) is 0 Å². The number of halogens is 1. The van der Waals surface area contributed by atoms with Crippen LogP contribution in [0.2, 0.25) is 0 Å². The van der Waals surface area contributed by atoms with Crippen LogP contribution in [0.25, 0.3) is 0 Å². The SMILES string of the molecule is C=C/C=C(\C)N(C)c1ccc(F)c(C)c1. The lowest BCUT2D eigenvalue weighted by Gasteiger charge is -2.20. The minimum absolute atomic E-state index is 0.169. The van der Waals surface area contributed by atoms with Gasteiger partial charge < -0.3 is 4.90 Å². The van der Waals surface area contributed by atoms with Crippen LogP contribution < -0.4 is 4.90 Å². The molecule has 0 aliphatic rings. The van der Waals surface area contributed by atoms with E-state index in [0.717, 1.165) is 11.4 Å². The van der Waals surface area contributed by atoms with E-state index in [0.29, 0.717) is 5.56 Å². The van der Waals surface area contributed by atoms with E-state index in [9.17, 15) is 4.39 Å². The van der Waals surface area contributed by atoms with E-state index in [1.165, 1.54) is 6.07 Å². The Morgan fingerprint density at radius 2 is 2.13 bits per heavy atom. The lowest BCUT2D eigenvalue weighted by Crippen LogP contribution is -2.14. The molecule has 15 heavy (non-hydrogen) atoms. The van der Waals surface area contributed by atoms with Crippen molar-refractivity contribution in [1.82, 2.24) is 0 Å². The van der Waals surface area contributed by atoms with Gasteiger partial charge >= 0.3 is 0 Å². The summed E-state index contributed by atoms with van der Waals surface area (Å²) in [6, 6.07) is 5.08. The van der Waals surface area contributed by atoms with E-state index in [1.807, 2.05) is 31.0 Å². The van der Waals surface area contributed by atoms with Gasteiger partial charge in [-0.2, -0.15) is 0 Å². The number of hydrogen-bond donors (Lipinski definition) is 0. The first-order valence-corrected chi connectivity index (χ1v) is 4.85. The first-order chi connectivity index (χ1) is 7.06. The largest absolute Gasteiger partial charge is 0.348 e. The molecule has 1 nitrogen and oxygen atoms in total. The second-order valence-electron chi connectivity index (χ2n) is 3.54. The fraction of sp³-hybridized carbons (Fsp3) is 0.231. The van der Waals surface area contributed by atoms with Gasteiger partial charge in [-0.05, 0) is 43.7 Å². The summed E-state index contributed by atoms with van der Waals surface area (Å²) in [5, 5.41) is 0. The van der Waals surface area contributed by atoms with Crippen molar-refractivity contribution in [2.75, 3.05) is 11.9 Å². The highest BCUT2D eigenvalue weighted by Gasteiger charge is 2.04. The van der Waals surface area contributed by atoms with Crippen molar-refractivity contribution in [2.24, 2.45) is 0 Å². The maximum atomic E-state index is 13.1. The molecule has 0 N–H and O–H groups in total. The van der Waals surface area contributed by atoms with Gasteiger partial charge in [0, 0.05) is 18.4 Å². The van der Waals surface area contributed by atoms with Gasteiger partial charge in [0.15, 0.2) is 0 Å². The molecule has 0 amide bonds. The van der Waals surface area contributed by atoms with Crippen LogP contribution in [0.5, 0.6) is 0 Å². The summed E-state index contributed by atoms with van der Waals surface area (Å²) in [6.07, 6.45) is 3.65. The molecular weight excluding hydrogens is 189 g/mol. The highest BCUT2D eigenvalue weighted by atomic mass is 19.1. The van der Waals surface area contributed by atoms with Crippen molar-refractivity contribution in [3.05, 3.63) is 54.0 Å². The zero-order valence-electron chi connectivity index (χ0n) is 9.42. The van der Waals surface area contributed by atoms with Gasteiger partial charge in [-0.15, -0.1) is 0 Å². The average Bonchev–Trinajstić information content (AvgIpc) is 2.21. The second kappa shape index (κ2) is 4.78. The monoisotopic (exact) mass is 205 g/mol. The number of allylic oxidation sites excluding steroid dienone is 3. The Bertz CT molecular complexity index is 394. The Morgan fingerprint density at radius 3 is 2.67 bits per heavy atom. The lowest BCUT2D eigenvalue weighted by molar-refractivity contribution is 0.618. The van der Waals surface area contributed by atoms with Crippen molar-refractivity contribution >= 4 is 5.69 Å². The second-order valence-corrected chi connectivity index (χ2v) is 3.54. The molecule has 0 heterocycles. The Kier molecular flexibility index (Phi) is 3.67. The Balaban J connectivity index is 3.01. The zero-order valence-corrected chi connectivity index (χ0v) is 9.42. The molecule has 1 aromatic carbocycles. The van der Waals surface area contributed by atoms with Gasteiger partial charge in [-0.3, -0.25) is 0 Å². The van der Waals surface area contributed by atoms with Crippen molar-refractivity contribution in [3.8, 4) is 0 Å². The minimum atomic E-state index is -0.169. The number of nitrogens with zero attached hydrogens (tertiary/aromatic N) is 1. The zero-order chi connectivity index (χ0) is 11.4. The summed E-state index contributed by atoms with van der Waals surface area (Å²) in [6.45, 7) is 7.39. The molecule has 0 saturated heterocycles. The summed E-state index contributed by atoms with van der Waals surface area (Å²) < 4.78 is 13.1. The molecule has 1 aromatic rings. The van der Waals surface area contributed by atoms with E-state index >= 15 is 0 Å². The van der Waals surface area contributed by atoms with Crippen molar-refractivity contribution in [2.45, 2.75) is 13.8 Å². The molecule has 0 aromatic heterocycles. The number of benzene rings is 1. The third-order valence-electron chi connectivity index (χ3n) is 2.42. The highest BCUT2D eigenvalue weighted by molar-refractivity contribution is 5.52. The molecule has 0 fully saturated rings. The molecule has 0 radical (unpaired) electrons. The summed E-state index contributed by atoms with van der Waals surface area (Å²) in [5.74, 6) is -0.169. The molecule has 0 aliphatic heterocycles. The van der Waals surface area contributed by atoms with Crippen LogP contribution in [0.4, 0.5) is 10.1 Å². The van der Waals surface area contributed by atoms with Crippen LogP contribution in [0.1, 0.15) is 12.5 Å². The molecule has 1 rings (SSSR count). The Labute approximate surface area is 90.5 Å². The molecule has 0 saturated carbocycles. The van der Waals surface area contributed by atoms with Gasteiger partial charge in [0.1, 0.15) is 5.82 Å². The van der Waals surface area contributed by atoms with E-state index in [1.54, 1.807) is 19.1 Å². The van der Waals surface area contributed by atoms with Crippen LogP contribution in [0.15, 0.2) is 42.6 Å². The number of rotatable bonds is 3. The predicted molar refractivity (Wildman–Crippen MR) is 63.5 cm³/mol. The summed E-state index contributed by atoms with van der Waals surface area (Å²) in [5.41, 5.74) is 2.70. The minimum Gasteiger partial charge on any atom is -0.348 e. The first kappa shape index (κ1) is 11.5. The Hall–Kier alpha value is -1.57. The van der Waals surface area contributed by atoms with Crippen LogP contribution in [0, 0.1) is 12.7 Å². The van der Waals surface area contributed by atoms with Crippen LogP contribution in [-0.2, 0) is 0 Å². The topological polar surface area (TPSA) is 3.24 Å². The van der Waals surface area contributed by atoms with Crippen molar-refractivity contribution in [3.63, 3.8) is 0 Å². The van der Waals surface area contributed by atoms with Crippen molar-refractivity contribution in [1.29, 1.82) is 0 Å². The van der Waals surface area contributed by atoms with E-state index in [2.05, 4.69) is 6.58 Å². The smallest absolute Gasteiger partial charge is 0.126 e. The summed E-state index contributed by atoms with van der Waals surface area (Å²) >= 11 is 0. The van der Waals surface area contributed by atoms with Crippen LogP contribution >= 0.6 is 0 Å². The van der Waals surface area contributed by atoms with Gasteiger partial charge in [-0.1, -0.05) is 12.7 Å².